The molecule has 3 nitrogen and oxygen atoms in total. The van der Waals surface area contributed by atoms with Gasteiger partial charge >= 0.3 is 0 Å². The van der Waals surface area contributed by atoms with Crippen LogP contribution in [-0.2, 0) is 0 Å². The van der Waals surface area contributed by atoms with Gasteiger partial charge in [-0.1, -0.05) is 167 Å². The molecule has 0 aliphatic rings. The van der Waals surface area contributed by atoms with Gasteiger partial charge in [-0.2, -0.15) is 0 Å². The van der Waals surface area contributed by atoms with Crippen molar-refractivity contribution in [2.75, 3.05) is 32.8 Å². The maximum Gasteiger partial charge on any atom is 0.0558 e. The average molecular weight is 498 g/mol. The fourth-order valence-electron chi connectivity index (χ4n) is 5.27. The predicted molar refractivity (Wildman–Crippen MR) is 156 cm³/mol. The summed E-state index contributed by atoms with van der Waals surface area (Å²) >= 11 is 0. The minimum absolute atomic E-state index is 0.194. The molecule has 0 aromatic heterocycles. The molecule has 0 aliphatic heterocycles. The number of unbranched alkanes of at least 4 members (excludes halogenated alkanes) is 25. The summed E-state index contributed by atoms with van der Waals surface area (Å²) in [4.78, 5) is 2.17. The second-order valence-electron chi connectivity index (χ2n) is 11.1. The summed E-state index contributed by atoms with van der Waals surface area (Å²) in [6, 6.07) is 0. The Morgan fingerprint density at radius 1 is 0.314 bits per heavy atom. The molecule has 0 unspecified atom stereocenters. The van der Waals surface area contributed by atoms with Crippen molar-refractivity contribution in [3.63, 3.8) is 0 Å². The molecule has 0 heterocycles. The van der Waals surface area contributed by atoms with Gasteiger partial charge < -0.3 is 10.2 Å². The molecule has 0 radical (unpaired) electrons. The minimum Gasteiger partial charge on any atom is -0.395 e. The summed E-state index contributed by atoms with van der Waals surface area (Å²) in [5, 5.41) is 18.1. The third-order valence-electron chi connectivity index (χ3n) is 7.66. The van der Waals surface area contributed by atoms with Crippen LogP contribution in [0.1, 0.15) is 174 Å². The van der Waals surface area contributed by atoms with E-state index in [9.17, 15) is 0 Å². The lowest BCUT2D eigenvalue weighted by molar-refractivity contribution is 0.159. The Morgan fingerprint density at radius 2 is 0.543 bits per heavy atom. The van der Waals surface area contributed by atoms with E-state index in [1.165, 1.54) is 167 Å². The monoisotopic (exact) mass is 498 g/mol. The maximum absolute atomic E-state index is 9.04. The molecule has 0 fully saturated rings. The first-order valence-corrected chi connectivity index (χ1v) is 16.3. The largest absolute Gasteiger partial charge is 0.395 e. The summed E-state index contributed by atoms with van der Waals surface area (Å²) in [5.74, 6) is 0. The summed E-state index contributed by atoms with van der Waals surface area (Å²) in [7, 11) is 0. The highest BCUT2D eigenvalue weighted by atomic mass is 16.3. The molecule has 0 aromatic carbocycles. The highest BCUT2D eigenvalue weighted by Crippen LogP contribution is 2.16. The predicted octanol–water partition coefficient (Wildman–Crippen LogP) is 9.44. The van der Waals surface area contributed by atoms with E-state index in [4.69, 9.17) is 10.2 Å². The van der Waals surface area contributed by atoms with Gasteiger partial charge in [0.1, 0.15) is 0 Å². The lowest BCUT2D eigenvalue weighted by Gasteiger charge is -2.19. The number of aliphatic hydroxyl groups excluding tert-OH is 2. The van der Waals surface area contributed by atoms with E-state index in [0.717, 1.165) is 6.54 Å². The smallest absolute Gasteiger partial charge is 0.0558 e. The molecule has 0 bridgehead atoms. The zero-order valence-electron chi connectivity index (χ0n) is 24.3. The lowest BCUT2D eigenvalue weighted by atomic mass is 10.0. The van der Waals surface area contributed by atoms with Crippen LogP contribution >= 0.6 is 0 Å². The van der Waals surface area contributed by atoms with Crippen LogP contribution in [0.5, 0.6) is 0 Å². The number of nitrogens with zero attached hydrogens (tertiary/aromatic N) is 1. The number of hydrogen-bond acceptors (Lipinski definition) is 3. The van der Waals surface area contributed by atoms with E-state index >= 15 is 0 Å². The van der Waals surface area contributed by atoms with Crippen LogP contribution in [0.15, 0.2) is 0 Å². The summed E-state index contributed by atoms with van der Waals surface area (Å²) in [5.41, 5.74) is 0. The third-order valence-corrected chi connectivity index (χ3v) is 7.66. The van der Waals surface area contributed by atoms with Gasteiger partial charge in [-0.25, -0.2) is 0 Å². The minimum atomic E-state index is 0.194. The van der Waals surface area contributed by atoms with Crippen LogP contribution in [0.2, 0.25) is 0 Å². The van der Waals surface area contributed by atoms with Crippen molar-refractivity contribution in [1.29, 1.82) is 0 Å². The zero-order chi connectivity index (χ0) is 25.5. The van der Waals surface area contributed by atoms with Crippen molar-refractivity contribution in [2.24, 2.45) is 0 Å². The summed E-state index contributed by atoms with van der Waals surface area (Å²) < 4.78 is 0. The molecule has 35 heavy (non-hydrogen) atoms. The van der Waals surface area contributed by atoms with E-state index in [-0.39, 0.29) is 13.2 Å². The number of rotatable bonds is 31. The first kappa shape index (κ1) is 34.9. The molecule has 0 aromatic rings. The average Bonchev–Trinajstić information content (AvgIpc) is 2.86. The molecular formula is C32H67NO2. The van der Waals surface area contributed by atoms with E-state index < -0.39 is 0 Å². The second kappa shape index (κ2) is 31.9. The Morgan fingerprint density at radius 3 is 0.771 bits per heavy atom. The van der Waals surface area contributed by atoms with Crippen molar-refractivity contribution >= 4 is 0 Å². The van der Waals surface area contributed by atoms with Crippen molar-refractivity contribution in [3.8, 4) is 0 Å². The molecule has 0 aliphatic carbocycles. The zero-order valence-corrected chi connectivity index (χ0v) is 24.3. The van der Waals surface area contributed by atoms with Crippen LogP contribution in [0.4, 0.5) is 0 Å². The van der Waals surface area contributed by atoms with Crippen molar-refractivity contribution in [3.05, 3.63) is 0 Å². The molecular weight excluding hydrogens is 430 g/mol. The Labute approximate surface area is 221 Å². The summed E-state index contributed by atoms with van der Waals surface area (Å²) in [6.45, 7) is 5.09. The Kier molecular flexibility index (Phi) is 31.8. The number of aliphatic hydroxyl groups is 2. The third kappa shape index (κ3) is 30.0. The molecule has 0 saturated carbocycles. The first-order valence-electron chi connectivity index (χ1n) is 16.3. The molecule has 0 spiro atoms. The van der Waals surface area contributed by atoms with Crippen LogP contribution in [-0.4, -0.2) is 48.0 Å². The molecule has 0 rings (SSSR count). The second-order valence-corrected chi connectivity index (χ2v) is 11.1. The Balaban J connectivity index is 3.10. The standard InChI is InChI=1S/C32H67NO2/c1-2-3-4-5-6-7-8-9-10-11-12-13-14-15-16-17-18-19-20-21-22-23-24-25-26-27-28-33(29-31-34)30-32-35/h34-35H,2-32H2,1H3. The highest BCUT2D eigenvalue weighted by Gasteiger charge is 2.02. The van der Waals surface area contributed by atoms with E-state index in [2.05, 4.69) is 11.8 Å². The van der Waals surface area contributed by atoms with Gasteiger partial charge in [0.05, 0.1) is 13.2 Å². The van der Waals surface area contributed by atoms with Crippen molar-refractivity contribution < 1.29 is 10.2 Å². The number of hydrogen-bond donors (Lipinski definition) is 2. The maximum atomic E-state index is 9.04. The van der Waals surface area contributed by atoms with Crippen molar-refractivity contribution in [2.45, 2.75) is 174 Å². The topological polar surface area (TPSA) is 43.7 Å². The molecule has 0 amide bonds. The van der Waals surface area contributed by atoms with Crippen LogP contribution in [0.3, 0.4) is 0 Å². The Bertz CT molecular complexity index is 357. The SMILES string of the molecule is CCCCCCCCCCCCCCCCCCCCCCCCCCCCN(CCO)CCO. The van der Waals surface area contributed by atoms with Gasteiger partial charge in [-0.15, -0.1) is 0 Å². The van der Waals surface area contributed by atoms with Gasteiger partial charge in [0.2, 0.25) is 0 Å². The van der Waals surface area contributed by atoms with E-state index in [1.54, 1.807) is 0 Å². The normalized spacial score (nSPS) is 11.7. The Hall–Kier alpha value is -0.120. The fraction of sp³-hybridized carbons (Fsp3) is 1.00. The first-order chi connectivity index (χ1) is 17.3. The van der Waals surface area contributed by atoms with Gasteiger partial charge in [-0.05, 0) is 13.0 Å². The van der Waals surface area contributed by atoms with E-state index in [1.807, 2.05) is 0 Å². The van der Waals surface area contributed by atoms with Gasteiger partial charge in [0.15, 0.2) is 0 Å². The quantitative estimate of drug-likeness (QED) is 0.0937. The molecule has 212 valence electrons. The molecule has 0 atom stereocenters. The van der Waals surface area contributed by atoms with Gasteiger partial charge in [0.25, 0.3) is 0 Å². The van der Waals surface area contributed by atoms with Gasteiger partial charge in [0, 0.05) is 13.1 Å². The molecule has 0 saturated heterocycles. The van der Waals surface area contributed by atoms with E-state index in [0.29, 0.717) is 13.1 Å². The molecule has 2 N–H and O–H groups in total. The lowest BCUT2D eigenvalue weighted by Crippen LogP contribution is -2.30. The van der Waals surface area contributed by atoms with Gasteiger partial charge in [-0.3, -0.25) is 4.90 Å². The highest BCUT2D eigenvalue weighted by molar-refractivity contribution is 4.57. The fourth-order valence-corrected chi connectivity index (χ4v) is 5.27. The van der Waals surface area contributed by atoms with Crippen LogP contribution < -0.4 is 0 Å². The van der Waals surface area contributed by atoms with Crippen molar-refractivity contribution in [1.82, 2.24) is 4.90 Å². The van der Waals surface area contributed by atoms with Crippen LogP contribution in [0, 0.1) is 0 Å². The molecule has 3 heteroatoms. The summed E-state index contributed by atoms with van der Waals surface area (Å²) in [6.07, 6.45) is 37.2. The van der Waals surface area contributed by atoms with Crippen LogP contribution in [0.25, 0.3) is 0 Å².